The summed E-state index contributed by atoms with van der Waals surface area (Å²) in [6.07, 6.45) is 3.86. The minimum Gasteiger partial charge on any atom is -0.256 e. The van der Waals surface area contributed by atoms with Crippen LogP contribution in [0.15, 0.2) is 70.6 Å². The highest BCUT2D eigenvalue weighted by atomic mass is 14.8. The highest BCUT2D eigenvalue weighted by Crippen LogP contribution is 2.37. The summed E-state index contributed by atoms with van der Waals surface area (Å²) in [6.45, 7) is 8.50. The first-order chi connectivity index (χ1) is 12.6. The van der Waals surface area contributed by atoms with Crippen molar-refractivity contribution in [2.75, 3.05) is 0 Å². The lowest BCUT2D eigenvalue weighted by molar-refractivity contribution is 1.21. The predicted molar refractivity (Wildman–Crippen MR) is 113 cm³/mol. The summed E-state index contributed by atoms with van der Waals surface area (Å²) in [7, 11) is 0. The van der Waals surface area contributed by atoms with E-state index in [4.69, 9.17) is 9.98 Å². The third kappa shape index (κ3) is 3.80. The molecule has 3 aromatic rings. The lowest BCUT2D eigenvalue weighted by Gasteiger charge is -2.15. The molecule has 0 amide bonds. The van der Waals surface area contributed by atoms with Gasteiger partial charge in [0.2, 0.25) is 0 Å². The molecule has 0 saturated heterocycles. The maximum Gasteiger partial charge on any atom is 0.0694 e. The smallest absolute Gasteiger partial charge is 0.0694 e. The van der Waals surface area contributed by atoms with E-state index >= 15 is 0 Å². The first-order valence-electron chi connectivity index (χ1n) is 8.86. The fraction of sp³-hybridized carbons (Fsp3) is 0.167. The van der Waals surface area contributed by atoms with Crippen LogP contribution in [0.1, 0.15) is 33.4 Å². The summed E-state index contributed by atoms with van der Waals surface area (Å²) in [5.41, 5.74) is 9.02. The van der Waals surface area contributed by atoms with Gasteiger partial charge in [-0.3, -0.25) is 9.98 Å². The molecule has 26 heavy (non-hydrogen) atoms. The van der Waals surface area contributed by atoms with Gasteiger partial charge in [-0.05, 0) is 61.1 Å². The van der Waals surface area contributed by atoms with Gasteiger partial charge in [-0.15, -0.1) is 0 Å². The second-order valence-electron chi connectivity index (χ2n) is 6.53. The summed E-state index contributed by atoms with van der Waals surface area (Å²) >= 11 is 0. The van der Waals surface area contributed by atoms with Gasteiger partial charge in [0.25, 0.3) is 0 Å². The SMILES string of the molecule is Cc1c(C)c(N=Cc2ccccc2)c(C)c(C)c1N=Cc1ccccc1. The molecule has 0 heterocycles. The molecule has 0 unspecified atom stereocenters. The maximum atomic E-state index is 4.78. The van der Waals surface area contributed by atoms with E-state index in [1.54, 1.807) is 0 Å². The van der Waals surface area contributed by atoms with E-state index in [2.05, 4.69) is 52.0 Å². The second-order valence-corrected chi connectivity index (χ2v) is 6.53. The summed E-state index contributed by atoms with van der Waals surface area (Å²) < 4.78 is 0. The molecule has 0 radical (unpaired) electrons. The van der Waals surface area contributed by atoms with E-state index in [1.807, 2.05) is 48.8 Å². The molecule has 0 N–H and O–H groups in total. The Morgan fingerprint density at radius 1 is 0.500 bits per heavy atom. The van der Waals surface area contributed by atoms with Crippen LogP contribution in [0.5, 0.6) is 0 Å². The van der Waals surface area contributed by atoms with Gasteiger partial charge >= 0.3 is 0 Å². The van der Waals surface area contributed by atoms with Crippen LogP contribution in [-0.4, -0.2) is 12.4 Å². The first-order valence-corrected chi connectivity index (χ1v) is 8.86. The number of hydrogen-bond donors (Lipinski definition) is 0. The van der Waals surface area contributed by atoms with Crippen molar-refractivity contribution in [3.05, 3.63) is 94.0 Å². The fourth-order valence-electron chi connectivity index (χ4n) is 3.02. The van der Waals surface area contributed by atoms with Crippen molar-refractivity contribution in [2.45, 2.75) is 27.7 Å². The summed E-state index contributed by atoms with van der Waals surface area (Å²) in [5, 5.41) is 0. The zero-order valence-corrected chi connectivity index (χ0v) is 15.8. The second kappa shape index (κ2) is 7.92. The van der Waals surface area contributed by atoms with Gasteiger partial charge in [-0.25, -0.2) is 0 Å². The van der Waals surface area contributed by atoms with Crippen LogP contribution in [-0.2, 0) is 0 Å². The molecule has 0 aromatic heterocycles. The van der Waals surface area contributed by atoms with Gasteiger partial charge < -0.3 is 0 Å². The van der Waals surface area contributed by atoms with Crippen LogP contribution in [0.25, 0.3) is 0 Å². The molecule has 2 nitrogen and oxygen atoms in total. The molecular formula is C24H24N2. The molecule has 2 heteroatoms. The number of rotatable bonds is 4. The number of aliphatic imine (C=N–C) groups is 2. The van der Waals surface area contributed by atoms with Crippen LogP contribution in [0.4, 0.5) is 11.4 Å². The van der Waals surface area contributed by atoms with Crippen molar-refractivity contribution >= 4 is 23.8 Å². The topological polar surface area (TPSA) is 24.7 Å². The Balaban J connectivity index is 2.00. The highest BCUT2D eigenvalue weighted by molar-refractivity contribution is 5.86. The fourth-order valence-corrected chi connectivity index (χ4v) is 3.02. The van der Waals surface area contributed by atoms with E-state index in [0.717, 1.165) is 22.5 Å². The Labute approximate surface area is 156 Å². The van der Waals surface area contributed by atoms with Crippen LogP contribution >= 0.6 is 0 Å². The molecule has 0 aliphatic heterocycles. The van der Waals surface area contributed by atoms with E-state index in [1.165, 1.54) is 22.3 Å². The summed E-state index contributed by atoms with van der Waals surface area (Å²) in [4.78, 5) is 9.56. The van der Waals surface area contributed by atoms with Crippen molar-refractivity contribution in [3.63, 3.8) is 0 Å². The molecule has 0 bridgehead atoms. The zero-order chi connectivity index (χ0) is 18.5. The maximum absolute atomic E-state index is 4.78. The Bertz CT molecular complexity index is 843. The van der Waals surface area contributed by atoms with Crippen LogP contribution in [0.3, 0.4) is 0 Å². The van der Waals surface area contributed by atoms with Crippen molar-refractivity contribution in [1.29, 1.82) is 0 Å². The monoisotopic (exact) mass is 340 g/mol. The highest BCUT2D eigenvalue weighted by Gasteiger charge is 2.13. The van der Waals surface area contributed by atoms with E-state index < -0.39 is 0 Å². The molecule has 3 rings (SSSR count). The molecular weight excluding hydrogens is 316 g/mol. The summed E-state index contributed by atoms with van der Waals surface area (Å²) in [5.74, 6) is 0. The van der Waals surface area contributed by atoms with Crippen molar-refractivity contribution < 1.29 is 0 Å². The molecule has 3 aromatic carbocycles. The van der Waals surface area contributed by atoms with Crippen molar-refractivity contribution in [2.24, 2.45) is 9.98 Å². The zero-order valence-electron chi connectivity index (χ0n) is 15.8. The molecule has 0 atom stereocenters. The van der Waals surface area contributed by atoms with Gasteiger partial charge in [0, 0.05) is 12.4 Å². The molecule has 0 saturated carbocycles. The predicted octanol–water partition coefficient (Wildman–Crippen LogP) is 6.42. The van der Waals surface area contributed by atoms with Crippen LogP contribution in [0, 0.1) is 27.7 Å². The number of hydrogen-bond acceptors (Lipinski definition) is 2. The van der Waals surface area contributed by atoms with Gasteiger partial charge in [-0.1, -0.05) is 60.7 Å². The molecule has 0 fully saturated rings. The summed E-state index contributed by atoms with van der Waals surface area (Å²) in [6, 6.07) is 20.4. The minimum atomic E-state index is 1.04. The minimum absolute atomic E-state index is 1.04. The van der Waals surface area contributed by atoms with Gasteiger partial charge in [0.1, 0.15) is 0 Å². The Hall–Kier alpha value is -3.00. The Morgan fingerprint density at radius 2 is 0.808 bits per heavy atom. The van der Waals surface area contributed by atoms with Gasteiger partial charge in [0.15, 0.2) is 0 Å². The normalized spacial score (nSPS) is 11.5. The lowest BCUT2D eigenvalue weighted by atomic mass is 9.96. The lowest BCUT2D eigenvalue weighted by Crippen LogP contribution is -1.94. The Morgan fingerprint density at radius 3 is 1.12 bits per heavy atom. The van der Waals surface area contributed by atoms with E-state index in [0.29, 0.717) is 0 Å². The average molecular weight is 340 g/mol. The molecule has 0 aliphatic carbocycles. The molecule has 130 valence electrons. The standard InChI is InChI=1S/C24H24N2/c1-17-18(2)24(26-16-22-13-9-6-10-14-22)20(4)19(3)23(17)25-15-21-11-7-5-8-12-21/h5-16H,1-4H3. The van der Waals surface area contributed by atoms with Gasteiger partial charge in [-0.2, -0.15) is 0 Å². The Kier molecular flexibility index (Phi) is 5.43. The molecule has 0 aliphatic rings. The van der Waals surface area contributed by atoms with Crippen molar-refractivity contribution in [3.8, 4) is 0 Å². The third-order valence-electron chi connectivity index (χ3n) is 4.83. The van der Waals surface area contributed by atoms with Gasteiger partial charge in [0.05, 0.1) is 11.4 Å². The van der Waals surface area contributed by atoms with E-state index in [9.17, 15) is 0 Å². The van der Waals surface area contributed by atoms with Crippen LogP contribution < -0.4 is 0 Å². The van der Waals surface area contributed by atoms with Crippen molar-refractivity contribution in [1.82, 2.24) is 0 Å². The van der Waals surface area contributed by atoms with E-state index in [-0.39, 0.29) is 0 Å². The first kappa shape index (κ1) is 17.8. The average Bonchev–Trinajstić information content (AvgIpc) is 2.68. The van der Waals surface area contributed by atoms with Crippen LogP contribution in [0.2, 0.25) is 0 Å². The quantitative estimate of drug-likeness (QED) is 0.489. The number of nitrogens with zero attached hydrogens (tertiary/aromatic N) is 2. The third-order valence-corrected chi connectivity index (χ3v) is 4.83. The number of benzene rings is 3. The largest absolute Gasteiger partial charge is 0.256 e. The molecule has 0 spiro atoms.